The molecule has 0 saturated heterocycles. The summed E-state index contributed by atoms with van der Waals surface area (Å²) in [7, 11) is 0. The molecule has 0 aliphatic rings. The zero-order valence-electron chi connectivity index (χ0n) is 11.5. The van der Waals surface area contributed by atoms with Crippen LogP contribution in [0.1, 0.15) is 31.0 Å². The van der Waals surface area contributed by atoms with Crippen LogP contribution in [0.4, 0.5) is 0 Å². The fourth-order valence-electron chi connectivity index (χ4n) is 2.14. The van der Waals surface area contributed by atoms with Gasteiger partial charge in [0.1, 0.15) is 0 Å². The predicted molar refractivity (Wildman–Crippen MR) is 78.8 cm³/mol. The Balaban J connectivity index is 2.22. The molecule has 100 valence electrons. The van der Waals surface area contributed by atoms with Crippen molar-refractivity contribution in [2.75, 3.05) is 6.54 Å². The molecule has 1 heterocycles. The van der Waals surface area contributed by atoms with Gasteiger partial charge in [-0.2, -0.15) is 0 Å². The first kappa shape index (κ1) is 13.7. The normalized spacial score (nSPS) is 10.6. The smallest absolute Gasteiger partial charge is 0.0917 e. The second-order valence-electron chi connectivity index (χ2n) is 4.69. The molecular weight excluding hydrogens is 234 g/mol. The van der Waals surface area contributed by atoms with Gasteiger partial charge in [-0.3, -0.25) is 9.97 Å². The van der Waals surface area contributed by atoms with Gasteiger partial charge < -0.3 is 5.73 Å². The highest BCUT2D eigenvalue weighted by Crippen LogP contribution is 2.21. The Morgan fingerprint density at radius 3 is 2.42 bits per heavy atom. The van der Waals surface area contributed by atoms with Crippen LogP contribution in [0.5, 0.6) is 0 Å². The number of benzene rings is 1. The van der Waals surface area contributed by atoms with Crippen LogP contribution in [0.2, 0.25) is 0 Å². The van der Waals surface area contributed by atoms with Crippen LogP contribution < -0.4 is 5.73 Å². The highest BCUT2D eigenvalue weighted by Gasteiger charge is 2.06. The van der Waals surface area contributed by atoms with Crippen molar-refractivity contribution in [3.05, 3.63) is 47.9 Å². The maximum atomic E-state index is 5.62. The molecule has 0 unspecified atom stereocenters. The number of aryl methyl sites for hydroxylation is 1. The first-order chi connectivity index (χ1) is 9.35. The second-order valence-corrected chi connectivity index (χ2v) is 4.69. The first-order valence-corrected chi connectivity index (χ1v) is 6.94. The highest BCUT2D eigenvalue weighted by atomic mass is 14.8. The minimum absolute atomic E-state index is 0.597. The summed E-state index contributed by atoms with van der Waals surface area (Å²) in [6.07, 6.45) is 7.84. The molecule has 3 nitrogen and oxygen atoms in total. The van der Waals surface area contributed by atoms with E-state index in [1.807, 2.05) is 0 Å². The van der Waals surface area contributed by atoms with Crippen molar-refractivity contribution in [1.82, 2.24) is 9.97 Å². The molecule has 0 bridgehead atoms. The molecule has 3 heteroatoms. The van der Waals surface area contributed by atoms with Crippen molar-refractivity contribution in [3.63, 3.8) is 0 Å². The SMILES string of the molecule is CCCCc1ccc(-c2nccnc2CCN)cc1. The van der Waals surface area contributed by atoms with Crippen molar-refractivity contribution in [3.8, 4) is 11.3 Å². The molecule has 2 aromatic rings. The van der Waals surface area contributed by atoms with Crippen LogP contribution in [0.25, 0.3) is 11.3 Å². The average molecular weight is 255 g/mol. The van der Waals surface area contributed by atoms with E-state index in [0.717, 1.165) is 29.8 Å². The molecule has 0 atom stereocenters. The lowest BCUT2D eigenvalue weighted by molar-refractivity contribution is 0.795. The van der Waals surface area contributed by atoms with E-state index in [2.05, 4.69) is 41.2 Å². The molecule has 2 N–H and O–H groups in total. The molecule has 0 fully saturated rings. The zero-order valence-corrected chi connectivity index (χ0v) is 11.5. The molecule has 0 spiro atoms. The Kier molecular flexibility index (Phi) is 5.04. The van der Waals surface area contributed by atoms with Crippen LogP contribution in [0.3, 0.4) is 0 Å². The Bertz CT molecular complexity index is 506. The molecule has 19 heavy (non-hydrogen) atoms. The maximum absolute atomic E-state index is 5.62. The van der Waals surface area contributed by atoms with Crippen LogP contribution in [-0.2, 0) is 12.8 Å². The molecule has 0 aliphatic carbocycles. The van der Waals surface area contributed by atoms with E-state index in [-0.39, 0.29) is 0 Å². The third kappa shape index (κ3) is 3.61. The fraction of sp³-hybridized carbons (Fsp3) is 0.375. The summed E-state index contributed by atoms with van der Waals surface area (Å²) in [6.45, 7) is 2.81. The summed E-state index contributed by atoms with van der Waals surface area (Å²) in [6, 6.07) is 8.64. The Morgan fingerprint density at radius 2 is 1.74 bits per heavy atom. The molecule has 0 saturated carbocycles. The molecule has 0 radical (unpaired) electrons. The molecule has 2 rings (SSSR count). The minimum Gasteiger partial charge on any atom is -0.330 e. The highest BCUT2D eigenvalue weighted by molar-refractivity contribution is 5.61. The summed E-state index contributed by atoms with van der Waals surface area (Å²) in [5.74, 6) is 0. The fourth-order valence-corrected chi connectivity index (χ4v) is 2.14. The van der Waals surface area contributed by atoms with Crippen molar-refractivity contribution >= 4 is 0 Å². The van der Waals surface area contributed by atoms with Crippen LogP contribution in [0.15, 0.2) is 36.7 Å². The Morgan fingerprint density at radius 1 is 1.00 bits per heavy atom. The summed E-state index contributed by atoms with van der Waals surface area (Å²) >= 11 is 0. The van der Waals surface area contributed by atoms with Gasteiger partial charge in [0.2, 0.25) is 0 Å². The largest absolute Gasteiger partial charge is 0.330 e. The number of hydrogen-bond donors (Lipinski definition) is 1. The van der Waals surface area contributed by atoms with E-state index in [4.69, 9.17) is 5.73 Å². The first-order valence-electron chi connectivity index (χ1n) is 6.94. The summed E-state index contributed by atoms with van der Waals surface area (Å²) in [5.41, 5.74) is 10.1. The van der Waals surface area contributed by atoms with Gasteiger partial charge in [0.05, 0.1) is 11.4 Å². The Labute approximate surface area is 114 Å². The van der Waals surface area contributed by atoms with E-state index in [0.29, 0.717) is 6.54 Å². The van der Waals surface area contributed by atoms with Gasteiger partial charge in [-0.25, -0.2) is 0 Å². The van der Waals surface area contributed by atoms with Crippen LogP contribution in [-0.4, -0.2) is 16.5 Å². The van der Waals surface area contributed by atoms with E-state index in [9.17, 15) is 0 Å². The molecule has 0 aliphatic heterocycles. The lowest BCUT2D eigenvalue weighted by Gasteiger charge is -2.07. The lowest BCUT2D eigenvalue weighted by Crippen LogP contribution is -2.06. The average Bonchev–Trinajstić information content (AvgIpc) is 2.47. The van der Waals surface area contributed by atoms with Gasteiger partial charge in [-0.1, -0.05) is 37.6 Å². The van der Waals surface area contributed by atoms with Crippen LogP contribution in [0, 0.1) is 0 Å². The number of nitrogens with zero attached hydrogens (tertiary/aromatic N) is 2. The van der Waals surface area contributed by atoms with Gasteiger partial charge in [0.25, 0.3) is 0 Å². The molecular formula is C16H21N3. The standard InChI is InChI=1S/C16H21N3/c1-2-3-4-13-5-7-14(8-6-13)16-15(9-10-17)18-11-12-19-16/h5-8,11-12H,2-4,9-10,17H2,1H3. The molecule has 1 aromatic carbocycles. The van der Waals surface area contributed by atoms with E-state index < -0.39 is 0 Å². The minimum atomic E-state index is 0.597. The quantitative estimate of drug-likeness (QED) is 0.863. The van der Waals surface area contributed by atoms with E-state index in [1.54, 1.807) is 12.4 Å². The van der Waals surface area contributed by atoms with E-state index >= 15 is 0 Å². The van der Waals surface area contributed by atoms with Gasteiger partial charge in [0.15, 0.2) is 0 Å². The molecule has 0 amide bonds. The van der Waals surface area contributed by atoms with Gasteiger partial charge in [-0.15, -0.1) is 0 Å². The van der Waals surface area contributed by atoms with Crippen molar-refractivity contribution in [1.29, 1.82) is 0 Å². The number of rotatable bonds is 6. The summed E-state index contributed by atoms with van der Waals surface area (Å²) in [4.78, 5) is 8.82. The summed E-state index contributed by atoms with van der Waals surface area (Å²) in [5, 5.41) is 0. The monoisotopic (exact) mass is 255 g/mol. The number of nitrogens with two attached hydrogens (primary N) is 1. The second kappa shape index (κ2) is 7.00. The van der Waals surface area contributed by atoms with Crippen LogP contribution >= 0.6 is 0 Å². The number of hydrogen-bond acceptors (Lipinski definition) is 3. The zero-order chi connectivity index (χ0) is 13.5. The number of aromatic nitrogens is 2. The number of unbranched alkanes of at least 4 members (excludes halogenated alkanes) is 1. The van der Waals surface area contributed by atoms with Gasteiger partial charge in [-0.05, 0) is 24.9 Å². The third-order valence-corrected chi connectivity index (χ3v) is 3.20. The maximum Gasteiger partial charge on any atom is 0.0917 e. The van der Waals surface area contributed by atoms with Gasteiger partial charge in [0, 0.05) is 24.4 Å². The topological polar surface area (TPSA) is 51.8 Å². The summed E-state index contributed by atoms with van der Waals surface area (Å²) < 4.78 is 0. The van der Waals surface area contributed by atoms with Crippen molar-refractivity contribution in [2.24, 2.45) is 5.73 Å². The van der Waals surface area contributed by atoms with E-state index in [1.165, 1.54) is 18.4 Å². The predicted octanol–water partition coefficient (Wildman–Crippen LogP) is 2.99. The van der Waals surface area contributed by atoms with Crippen molar-refractivity contribution < 1.29 is 0 Å². The van der Waals surface area contributed by atoms with Crippen molar-refractivity contribution in [2.45, 2.75) is 32.6 Å². The third-order valence-electron chi connectivity index (χ3n) is 3.20. The Hall–Kier alpha value is -1.74. The van der Waals surface area contributed by atoms with Gasteiger partial charge >= 0.3 is 0 Å². The lowest BCUT2D eigenvalue weighted by atomic mass is 10.0. The molecule has 1 aromatic heterocycles.